The molecule has 3 heteroatoms. The van der Waals surface area contributed by atoms with Crippen LogP contribution in [0.5, 0.6) is 0 Å². The Morgan fingerprint density at radius 3 is 2.56 bits per heavy atom. The summed E-state index contributed by atoms with van der Waals surface area (Å²) in [7, 11) is 0. The molecule has 0 spiro atoms. The minimum atomic E-state index is 0.0152. The Bertz CT molecular complexity index is 528. The number of unbranched alkanes of at least 4 members (excludes halogenated alkanes) is 1. The first kappa shape index (κ1) is 13.0. The third kappa shape index (κ3) is 3.05. The van der Waals surface area contributed by atoms with Crippen LogP contribution in [0, 0.1) is 6.92 Å². The van der Waals surface area contributed by atoms with Gasteiger partial charge in [-0.15, -0.1) is 11.3 Å². The summed E-state index contributed by atoms with van der Waals surface area (Å²) in [5.41, 5.74) is 2.57. The van der Waals surface area contributed by atoms with Gasteiger partial charge in [0.1, 0.15) is 5.69 Å². The number of aryl methyl sites for hydroxylation is 2. The Balaban J connectivity index is 2.12. The van der Waals surface area contributed by atoms with E-state index in [0.717, 1.165) is 17.0 Å². The van der Waals surface area contributed by atoms with Gasteiger partial charge in [-0.05, 0) is 25.3 Å². The van der Waals surface area contributed by atoms with Crippen molar-refractivity contribution in [1.82, 2.24) is 4.98 Å². The Labute approximate surface area is 112 Å². The number of benzene rings is 1. The lowest BCUT2D eigenvalue weighted by Crippen LogP contribution is -2.01. The summed E-state index contributed by atoms with van der Waals surface area (Å²) in [5.74, 6) is 0.0152. The standard InChI is InChI=1S/C15H17NOS/c1-3-4-5-12-6-8-13(9-7-12)15(17)14-10-18-11(2)16-14/h6-10H,3-5H2,1-2H3. The predicted octanol–water partition coefficient (Wildman–Crippen LogP) is 4.03. The number of aromatic nitrogens is 1. The summed E-state index contributed by atoms with van der Waals surface area (Å²) in [6.07, 6.45) is 3.47. The zero-order chi connectivity index (χ0) is 13.0. The highest BCUT2D eigenvalue weighted by Crippen LogP contribution is 2.14. The number of thiazole rings is 1. The van der Waals surface area contributed by atoms with Crippen molar-refractivity contribution in [3.63, 3.8) is 0 Å². The summed E-state index contributed by atoms with van der Waals surface area (Å²) in [5, 5.41) is 2.75. The maximum atomic E-state index is 12.1. The zero-order valence-corrected chi connectivity index (χ0v) is 11.6. The van der Waals surface area contributed by atoms with E-state index in [-0.39, 0.29) is 5.78 Å². The number of rotatable bonds is 5. The monoisotopic (exact) mass is 259 g/mol. The number of nitrogens with zero attached hydrogens (tertiary/aromatic N) is 1. The van der Waals surface area contributed by atoms with Gasteiger partial charge in [0.05, 0.1) is 5.01 Å². The second-order valence-corrected chi connectivity index (χ2v) is 5.44. The Hall–Kier alpha value is -1.48. The van der Waals surface area contributed by atoms with Crippen LogP contribution in [0.3, 0.4) is 0 Å². The fourth-order valence-corrected chi connectivity index (χ4v) is 2.41. The Kier molecular flexibility index (Phi) is 4.26. The first-order valence-corrected chi connectivity index (χ1v) is 7.14. The molecule has 0 aliphatic rings. The number of ketones is 1. The molecule has 1 aromatic heterocycles. The van der Waals surface area contributed by atoms with Gasteiger partial charge < -0.3 is 0 Å². The smallest absolute Gasteiger partial charge is 0.212 e. The molecule has 0 amide bonds. The highest BCUT2D eigenvalue weighted by Gasteiger charge is 2.11. The van der Waals surface area contributed by atoms with E-state index in [9.17, 15) is 4.79 Å². The summed E-state index contributed by atoms with van der Waals surface area (Å²) in [6, 6.07) is 7.90. The third-order valence-corrected chi connectivity index (χ3v) is 3.66. The molecule has 0 aliphatic heterocycles. The molecule has 2 rings (SSSR count). The lowest BCUT2D eigenvalue weighted by molar-refractivity contribution is 0.103. The minimum absolute atomic E-state index is 0.0152. The van der Waals surface area contributed by atoms with E-state index < -0.39 is 0 Å². The first-order valence-electron chi connectivity index (χ1n) is 6.26. The maximum absolute atomic E-state index is 12.1. The second-order valence-electron chi connectivity index (χ2n) is 4.38. The van der Waals surface area contributed by atoms with E-state index >= 15 is 0 Å². The first-order chi connectivity index (χ1) is 8.70. The third-order valence-electron chi connectivity index (χ3n) is 2.89. The van der Waals surface area contributed by atoms with E-state index in [1.165, 1.54) is 29.7 Å². The van der Waals surface area contributed by atoms with Crippen molar-refractivity contribution in [2.24, 2.45) is 0 Å². The fraction of sp³-hybridized carbons (Fsp3) is 0.333. The molecular weight excluding hydrogens is 242 g/mol. The minimum Gasteiger partial charge on any atom is -0.287 e. The molecule has 0 bridgehead atoms. The van der Waals surface area contributed by atoms with E-state index in [1.54, 1.807) is 0 Å². The lowest BCUT2D eigenvalue weighted by atomic mass is 10.0. The van der Waals surface area contributed by atoms with Gasteiger partial charge in [-0.25, -0.2) is 4.98 Å². The SMILES string of the molecule is CCCCc1ccc(C(=O)c2csc(C)n2)cc1. The van der Waals surface area contributed by atoms with Crippen LogP contribution in [0.2, 0.25) is 0 Å². The number of hydrogen-bond donors (Lipinski definition) is 0. The molecule has 0 saturated carbocycles. The van der Waals surface area contributed by atoms with Gasteiger partial charge in [-0.1, -0.05) is 37.6 Å². The highest BCUT2D eigenvalue weighted by molar-refractivity contribution is 7.09. The van der Waals surface area contributed by atoms with Gasteiger partial charge in [0.25, 0.3) is 0 Å². The van der Waals surface area contributed by atoms with Crippen molar-refractivity contribution in [3.05, 3.63) is 51.5 Å². The van der Waals surface area contributed by atoms with Crippen molar-refractivity contribution in [3.8, 4) is 0 Å². The van der Waals surface area contributed by atoms with Crippen molar-refractivity contribution in [2.45, 2.75) is 33.1 Å². The average molecular weight is 259 g/mol. The van der Waals surface area contributed by atoms with Crippen molar-refractivity contribution < 1.29 is 4.79 Å². The Morgan fingerprint density at radius 2 is 2.00 bits per heavy atom. The largest absolute Gasteiger partial charge is 0.287 e. The number of hydrogen-bond acceptors (Lipinski definition) is 3. The van der Waals surface area contributed by atoms with Crippen LogP contribution in [0.15, 0.2) is 29.6 Å². The van der Waals surface area contributed by atoms with Crippen LogP contribution in [0.25, 0.3) is 0 Å². The normalized spacial score (nSPS) is 10.6. The van der Waals surface area contributed by atoms with E-state index in [4.69, 9.17) is 0 Å². The average Bonchev–Trinajstić information content (AvgIpc) is 2.83. The maximum Gasteiger partial charge on any atom is 0.212 e. The van der Waals surface area contributed by atoms with Crippen LogP contribution in [0.4, 0.5) is 0 Å². The molecule has 0 aliphatic carbocycles. The summed E-state index contributed by atoms with van der Waals surface area (Å²) in [6.45, 7) is 4.10. The van der Waals surface area contributed by atoms with Gasteiger partial charge in [0.2, 0.25) is 5.78 Å². The number of carbonyl (C=O) groups excluding carboxylic acids is 1. The fourth-order valence-electron chi connectivity index (χ4n) is 1.82. The highest BCUT2D eigenvalue weighted by atomic mass is 32.1. The Morgan fingerprint density at radius 1 is 1.28 bits per heavy atom. The topological polar surface area (TPSA) is 30.0 Å². The van der Waals surface area contributed by atoms with Gasteiger partial charge in [0, 0.05) is 10.9 Å². The summed E-state index contributed by atoms with van der Waals surface area (Å²) >= 11 is 1.51. The van der Waals surface area contributed by atoms with Crippen LogP contribution < -0.4 is 0 Å². The summed E-state index contributed by atoms with van der Waals surface area (Å²) in [4.78, 5) is 16.4. The molecule has 1 heterocycles. The van der Waals surface area contributed by atoms with Crippen molar-refractivity contribution in [2.75, 3.05) is 0 Å². The zero-order valence-electron chi connectivity index (χ0n) is 10.8. The molecule has 94 valence electrons. The van der Waals surface area contributed by atoms with Crippen LogP contribution in [-0.4, -0.2) is 10.8 Å². The van der Waals surface area contributed by atoms with Gasteiger partial charge in [0.15, 0.2) is 0 Å². The molecule has 0 radical (unpaired) electrons. The number of carbonyl (C=O) groups is 1. The molecular formula is C15H17NOS. The molecule has 18 heavy (non-hydrogen) atoms. The predicted molar refractivity (Wildman–Crippen MR) is 75.3 cm³/mol. The molecule has 0 atom stereocenters. The molecule has 0 fully saturated rings. The lowest BCUT2D eigenvalue weighted by Gasteiger charge is -2.02. The van der Waals surface area contributed by atoms with Gasteiger partial charge in [-0.3, -0.25) is 4.79 Å². The quantitative estimate of drug-likeness (QED) is 0.759. The molecule has 1 aromatic carbocycles. The summed E-state index contributed by atoms with van der Waals surface area (Å²) < 4.78 is 0. The van der Waals surface area contributed by atoms with E-state index in [1.807, 2.05) is 36.6 Å². The van der Waals surface area contributed by atoms with Crippen LogP contribution in [-0.2, 0) is 6.42 Å². The van der Waals surface area contributed by atoms with Crippen molar-refractivity contribution in [1.29, 1.82) is 0 Å². The van der Waals surface area contributed by atoms with Gasteiger partial charge >= 0.3 is 0 Å². The van der Waals surface area contributed by atoms with E-state index in [0.29, 0.717) is 5.69 Å². The van der Waals surface area contributed by atoms with Gasteiger partial charge in [-0.2, -0.15) is 0 Å². The molecule has 2 nitrogen and oxygen atoms in total. The van der Waals surface area contributed by atoms with Crippen molar-refractivity contribution >= 4 is 17.1 Å². The second kappa shape index (κ2) is 5.91. The van der Waals surface area contributed by atoms with E-state index in [2.05, 4.69) is 11.9 Å². The molecule has 0 saturated heterocycles. The molecule has 2 aromatic rings. The molecule has 0 unspecified atom stereocenters. The van der Waals surface area contributed by atoms with Crippen LogP contribution in [0.1, 0.15) is 46.4 Å². The van der Waals surface area contributed by atoms with Crippen LogP contribution >= 0.6 is 11.3 Å². The molecule has 0 N–H and O–H groups in total.